The molecular formula is C20H22N6. The first-order valence-corrected chi connectivity index (χ1v) is 9.31. The van der Waals surface area contributed by atoms with Gasteiger partial charge in [0, 0.05) is 43.8 Å². The van der Waals surface area contributed by atoms with Crippen LogP contribution < -0.4 is 15.1 Å². The molecule has 1 aliphatic carbocycles. The number of rotatable bonds is 4. The number of piperazine rings is 1. The summed E-state index contributed by atoms with van der Waals surface area (Å²) >= 11 is 0. The number of hydrogen-bond donors (Lipinski definition) is 1. The van der Waals surface area contributed by atoms with E-state index in [9.17, 15) is 0 Å². The Morgan fingerprint density at radius 2 is 1.62 bits per heavy atom. The van der Waals surface area contributed by atoms with Crippen molar-refractivity contribution in [2.24, 2.45) is 0 Å². The normalized spacial score (nSPS) is 17.5. The second-order valence-corrected chi connectivity index (χ2v) is 6.97. The average molecular weight is 346 g/mol. The number of hydrogen-bond acceptors (Lipinski definition) is 6. The molecule has 3 heterocycles. The summed E-state index contributed by atoms with van der Waals surface area (Å²) in [4.78, 5) is 18.8. The van der Waals surface area contributed by atoms with Crippen LogP contribution in [0.1, 0.15) is 12.8 Å². The van der Waals surface area contributed by atoms with Gasteiger partial charge in [-0.05, 0) is 37.1 Å². The molecule has 26 heavy (non-hydrogen) atoms. The van der Waals surface area contributed by atoms with Crippen LogP contribution in [-0.4, -0.2) is 47.2 Å². The summed E-state index contributed by atoms with van der Waals surface area (Å²) in [6.07, 6.45) is 4.32. The Bertz CT molecular complexity index is 901. The lowest BCUT2D eigenvalue weighted by Crippen LogP contribution is -2.47. The molecule has 0 radical (unpaired) electrons. The van der Waals surface area contributed by atoms with E-state index >= 15 is 0 Å². The molecule has 1 aliphatic heterocycles. The van der Waals surface area contributed by atoms with Crippen molar-refractivity contribution in [3.63, 3.8) is 0 Å². The number of anilines is 3. The minimum Gasteiger partial charge on any atom is -0.367 e. The fraction of sp³-hybridized carbons (Fsp3) is 0.350. The monoisotopic (exact) mass is 346 g/mol. The smallest absolute Gasteiger partial charge is 0.228 e. The lowest BCUT2D eigenvalue weighted by molar-refractivity contribution is 0.636. The Morgan fingerprint density at radius 3 is 2.38 bits per heavy atom. The number of nitrogens with one attached hydrogen (secondary N) is 1. The lowest BCUT2D eigenvalue weighted by Gasteiger charge is -2.35. The Morgan fingerprint density at radius 1 is 0.846 bits per heavy atom. The summed E-state index contributed by atoms with van der Waals surface area (Å²) in [7, 11) is 0. The molecule has 0 spiro atoms. The molecule has 0 amide bonds. The van der Waals surface area contributed by atoms with E-state index in [2.05, 4.69) is 44.4 Å². The van der Waals surface area contributed by atoms with Gasteiger partial charge in [0.1, 0.15) is 11.6 Å². The number of para-hydroxylation sites is 1. The zero-order valence-corrected chi connectivity index (χ0v) is 14.7. The van der Waals surface area contributed by atoms with E-state index in [1.165, 1.54) is 12.8 Å². The molecule has 0 unspecified atom stereocenters. The predicted molar refractivity (Wildman–Crippen MR) is 105 cm³/mol. The predicted octanol–water partition coefficient (Wildman–Crippen LogP) is 2.93. The van der Waals surface area contributed by atoms with Crippen molar-refractivity contribution in [2.75, 3.05) is 41.3 Å². The molecule has 0 bridgehead atoms. The van der Waals surface area contributed by atoms with Crippen molar-refractivity contribution in [3.05, 3.63) is 48.7 Å². The van der Waals surface area contributed by atoms with Gasteiger partial charge in [-0.3, -0.25) is 0 Å². The average Bonchev–Trinajstić information content (AvgIpc) is 3.53. The largest absolute Gasteiger partial charge is 0.367 e. The minimum atomic E-state index is 0.571. The van der Waals surface area contributed by atoms with Gasteiger partial charge in [0.15, 0.2) is 0 Å². The summed E-state index contributed by atoms with van der Waals surface area (Å²) in [5, 5.41) is 4.68. The van der Waals surface area contributed by atoms with E-state index in [0.717, 1.165) is 54.7 Å². The fourth-order valence-corrected chi connectivity index (χ4v) is 3.41. The van der Waals surface area contributed by atoms with Crippen molar-refractivity contribution in [2.45, 2.75) is 18.9 Å². The second-order valence-electron chi connectivity index (χ2n) is 6.97. The molecule has 132 valence electrons. The van der Waals surface area contributed by atoms with E-state index in [1.54, 1.807) is 0 Å². The highest BCUT2D eigenvalue weighted by Gasteiger charge is 2.24. The summed E-state index contributed by atoms with van der Waals surface area (Å²) in [6.45, 7) is 3.66. The zero-order chi connectivity index (χ0) is 17.3. The molecule has 1 saturated carbocycles. The van der Waals surface area contributed by atoms with Gasteiger partial charge in [-0.1, -0.05) is 18.2 Å². The van der Waals surface area contributed by atoms with Crippen LogP contribution in [0.25, 0.3) is 10.9 Å². The Hall–Kier alpha value is -2.89. The lowest BCUT2D eigenvalue weighted by atomic mass is 10.2. The minimum absolute atomic E-state index is 0.571. The molecule has 6 nitrogen and oxygen atoms in total. The summed E-state index contributed by atoms with van der Waals surface area (Å²) in [5.41, 5.74) is 1.01. The van der Waals surface area contributed by atoms with Crippen molar-refractivity contribution < 1.29 is 0 Å². The molecule has 2 aromatic heterocycles. The third-order valence-electron chi connectivity index (χ3n) is 5.05. The van der Waals surface area contributed by atoms with Crippen LogP contribution in [0.4, 0.5) is 17.6 Å². The Balaban J connectivity index is 1.39. The zero-order valence-electron chi connectivity index (χ0n) is 14.7. The quantitative estimate of drug-likeness (QED) is 0.784. The van der Waals surface area contributed by atoms with Gasteiger partial charge in [0.05, 0.1) is 5.52 Å². The molecule has 3 aromatic rings. The molecule has 6 heteroatoms. The van der Waals surface area contributed by atoms with Crippen molar-refractivity contribution in [3.8, 4) is 0 Å². The van der Waals surface area contributed by atoms with E-state index in [-0.39, 0.29) is 0 Å². The second kappa shape index (κ2) is 6.44. The van der Waals surface area contributed by atoms with E-state index < -0.39 is 0 Å². The van der Waals surface area contributed by atoms with Crippen LogP contribution in [0.15, 0.2) is 48.7 Å². The fourth-order valence-electron chi connectivity index (χ4n) is 3.41. The maximum Gasteiger partial charge on any atom is 0.228 e. The molecule has 0 atom stereocenters. The SMILES string of the molecule is c1ccc(N2CCN(c3nc(NC4CC4)c4ccccc4n3)CC2)nc1. The number of fused-ring (bicyclic) bond motifs is 1. The first kappa shape index (κ1) is 15.4. The molecule has 2 fully saturated rings. The Labute approximate surface area is 152 Å². The maximum absolute atomic E-state index is 4.87. The van der Waals surface area contributed by atoms with Crippen molar-refractivity contribution in [1.82, 2.24) is 15.0 Å². The highest BCUT2D eigenvalue weighted by molar-refractivity contribution is 5.90. The number of benzene rings is 1. The molecule has 5 rings (SSSR count). The standard InChI is InChI=1S/C20H22N6/c1-2-6-17-16(5-1)19(22-15-8-9-15)24-20(23-17)26-13-11-25(12-14-26)18-7-3-4-10-21-18/h1-7,10,15H,8-9,11-14H2,(H,22,23,24). The highest BCUT2D eigenvalue weighted by Crippen LogP contribution is 2.29. The van der Waals surface area contributed by atoms with Gasteiger partial charge in [-0.15, -0.1) is 0 Å². The molecule has 1 N–H and O–H groups in total. The van der Waals surface area contributed by atoms with Crippen LogP contribution in [-0.2, 0) is 0 Å². The van der Waals surface area contributed by atoms with Gasteiger partial charge in [0.2, 0.25) is 5.95 Å². The molecular weight excluding hydrogens is 324 g/mol. The number of pyridine rings is 1. The molecule has 1 aromatic carbocycles. The third-order valence-corrected chi connectivity index (χ3v) is 5.05. The first-order chi connectivity index (χ1) is 12.9. The van der Waals surface area contributed by atoms with Crippen LogP contribution in [0, 0.1) is 0 Å². The number of aromatic nitrogens is 3. The van der Waals surface area contributed by atoms with Gasteiger partial charge < -0.3 is 15.1 Å². The maximum atomic E-state index is 4.87. The van der Waals surface area contributed by atoms with Crippen LogP contribution >= 0.6 is 0 Å². The summed E-state index contributed by atoms with van der Waals surface area (Å²) in [6, 6.07) is 14.9. The summed E-state index contributed by atoms with van der Waals surface area (Å²) < 4.78 is 0. The van der Waals surface area contributed by atoms with Crippen molar-refractivity contribution >= 4 is 28.5 Å². The molecule has 2 aliphatic rings. The van der Waals surface area contributed by atoms with Gasteiger partial charge >= 0.3 is 0 Å². The van der Waals surface area contributed by atoms with Crippen LogP contribution in [0.5, 0.6) is 0 Å². The van der Waals surface area contributed by atoms with E-state index in [1.807, 2.05) is 24.4 Å². The van der Waals surface area contributed by atoms with Crippen LogP contribution in [0.3, 0.4) is 0 Å². The van der Waals surface area contributed by atoms with Crippen molar-refractivity contribution in [1.29, 1.82) is 0 Å². The van der Waals surface area contributed by atoms with Crippen LogP contribution in [0.2, 0.25) is 0 Å². The van der Waals surface area contributed by atoms with Gasteiger partial charge in [-0.25, -0.2) is 9.97 Å². The third kappa shape index (κ3) is 3.03. The van der Waals surface area contributed by atoms with Gasteiger partial charge in [0.25, 0.3) is 0 Å². The number of nitrogens with zero attached hydrogens (tertiary/aromatic N) is 5. The van der Waals surface area contributed by atoms with E-state index in [4.69, 9.17) is 9.97 Å². The van der Waals surface area contributed by atoms with E-state index in [0.29, 0.717) is 6.04 Å². The molecule has 1 saturated heterocycles. The highest BCUT2D eigenvalue weighted by atomic mass is 15.3. The topological polar surface area (TPSA) is 57.2 Å². The van der Waals surface area contributed by atoms with Gasteiger partial charge in [-0.2, -0.15) is 4.98 Å². The first-order valence-electron chi connectivity index (χ1n) is 9.31. The summed E-state index contributed by atoms with van der Waals surface area (Å²) in [5.74, 6) is 2.84. The Kier molecular flexibility index (Phi) is 3.81.